The van der Waals surface area contributed by atoms with E-state index in [9.17, 15) is 19.5 Å². The van der Waals surface area contributed by atoms with Crippen molar-refractivity contribution >= 4 is 17.7 Å². The lowest BCUT2D eigenvalue weighted by Gasteiger charge is -2.23. The molecular weight excluding hydrogens is 448 g/mol. The van der Waals surface area contributed by atoms with E-state index in [4.69, 9.17) is 14.6 Å². The lowest BCUT2D eigenvalue weighted by atomic mass is 9.79. The maximum Gasteiger partial charge on any atom is 0.335 e. The van der Waals surface area contributed by atoms with Crippen LogP contribution in [0.15, 0.2) is 66.7 Å². The lowest BCUT2D eigenvalue weighted by Crippen LogP contribution is -2.34. The second-order valence-corrected chi connectivity index (χ2v) is 8.78. The van der Waals surface area contributed by atoms with Gasteiger partial charge in [-0.05, 0) is 59.9 Å². The van der Waals surface area contributed by atoms with E-state index in [0.29, 0.717) is 36.3 Å². The molecular formula is C28H26O7. The Kier molecular flexibility index (Phi) is 6.87. The molecule has 2 N–H and O–H groups in total. The van der Waals surface area contributed by atoms with Crippen LogP contribution in [0.4, 0.5) is 0 Å². The summed E-state index contributed by atoms with van der Waals surface area (Å²) in [6, 6.07) is 19.0. The van der Waals surface area contributed by atoms with E-state index >= 15 is 0 Å². The minimum atomic E-state index is -1.17. The first kappa shape index (κ1) is 24.0. The molecule has 1 aliphatic rings. The van der Waals surface area contributed by atoms with Gasteiger partial charge in [-0.2, -0.15) is 0 Å². The highest BCUT2D eigenvalue weighted by Gasteiger charge is 2.45. The minimum Gasteiger partial charge on any atom is -0.493 e. The number of benzene rings is 3. The Bertz CT molecular complexity index is 1250. The molecule has 7 heteroatoms. The van der Waals surface area contributed by atoms with E-state index < -0.39 is 17.4 Å². The number of aliphatic carboxylic acids is 1. The third-order valence-corrected chi connectivity index (χ3v) is 6.44. The van der Waals surface area contributed by atoms with Gasteiger partial charge in [0, 0.05) is 18.4 Å². The van der Waals surface area contributed by atoms with Gasteiger partial charge in [0.25, 0.3) is 0 Å². The Morgan fingerprint density at radius 1 is 0.857 bits per heavy atom. The molecule has 0 bridgehead atoms. The normalized spacial score (nSPS) is 13.6. The summed E-state index contributed by atoms with van der Waals surface area (Å²) in [7, 11) is 1.50. The molecule has 0 fully saturated rings. The van der Waals surface area contributed by atoms with Crippen molar-refractivity contribution in [2.24, 2.45) is 5.41 Å². The number of ether oxygens (including phenoxy) is 2. The van der Waals surface area contributed by atoms with E-state index in [0.717, 1.165) is 16.7 Å². The van der Waals surface area contributed by atoms with Gasteiger partial charge in [-0.25, -0.2) is 4.79 Å². The second-order valence-electron chi connectivity index (χ2n) is 8.78. The number of carbonyl (C=O) groups is 3. The first-order valence-electron chi connectivity index (χ1n) is 11.3. The standard InChI is InChI=1S/C28H26O7/c1-34-24-10-9-19(14-25(24)35-12-11-18-5-4-8-20(13-18)26(30)31)23(29)17-28(27(32)33)15-21-6-2-3-7-22(21)16-28/h2-10,13-14H,11-12,15-17H2,1H3,(H,30,31)(H,32,33). The zero-order chi connectivity index (χ0) is 25.0. The predicted molar refractivity (Wildman–Crippen MR) is 128 cm³/mol. The van der Waals surface area contributed by atoms with Crippen LogP contribution in [-0.2, 0) is 24.1 Å². The summed E-state index contributed by atoms with van der Waals surface area (Å²) in [4.78, 5) is 36.6. The van der Waals surface area contributed by atoms with Crippen LogP contribution < -0.4 is 9.47 Å². The number of rotatable bonds is 10. The Balaban J connectivity index is 1.48. The number of ketones is 1. The van der Waals surface area contributed by atoms with Crippen LogP contribution in [0.3, 0.4) is 0 Å². The highest BCUT2D eigenvalue weighted by Crippen LogP contribution is 2.41. The molecule has 4 rings (SSSR count). The summed E-state index contributed by atoms with van der Waals surface area (Å²) in [5.74, 6) is -1.43. The van der Waals surface area contributed by atoms with Crippen molar-refractivity contribution < 1.29 is 34.1 Å². The highest BCUT2D eigenvalue weighted by molar-refractivity contribution is 5.99. The topological polar surface area (TPSA) is 110 Å². The number of methoxy groups -OCH3 is 1. The van der Waals surface area contributed by atoms with E-state index in [2.05, 4.69) is 0 Å². The van der Waals surface area contributed by atoms with Crippen molar-refractivity contribution in [1.29, 1.82) is 0 Å². The molecule has 0 radical (unpaired) electrons. The minimum absolute atomic E-state index is 0.120. The van der Waals surface area contributed by atoms with E-state index in [-0.39, 0.29) is 24.4 Å². The van der Waals surface area contributed by atoms with Gasteiger partial charge in [-0.15, -0.1) is 0 Å². The number of hydrogen-bond donors (Lipinski definition) is 2. The Hall–Kier alpha value is -4.13. The number of hydrogen-bond acceptors (Lipinski definition) is 5. The van der Waals surface area contributed by atoms with Crippen LogP contribution in [0.5, 0.6) is 11.5 Å². The smallest absolute Gasteiger partial charge is 0.335 e. The number of carboxylic acids is 2. The van der Waals surface area contributed by atoms with Crippen LogP contribution in [0.1, 0.15) is 43.8 Å². The molecule has 180 valence electrons. The molecule has 7 nitrogen and oxygen atoms in total. The molecule has 0 amide bonds. The van der Waals surface area contributed by atoms with Crippen LogP contribution in [0.25, 0.3) is 0 Å². The average molecular weight is 475 g/mol. The van der Waals surface area contributed by atoms with E-state index in [1.807, 2.05) is 30.3 Å². The predicted octanol–water partition coefficient (Wildman–Crippen LogP) is 4.46. The summed E-state index contributed by atoms with van der Waals surface area (Å²) in [5.41, 5.74) is 2.12. The van der Waals surface area contributed by atoms with Crippen LogP contribution in [0.2, 0.25) is 0 Å². The van der Waals surface area contributed by atoms with Gasteiger partial charge in [0.15, 0.2) is 17.3 Å². The van der Waals surface area contributed by atoms with Crippen molar-refractivity contribution in [1.82, 2.24) is 0 Å². The Labute approximate surface area is 202 Å². The van der Waals surface area contributed by atoms with Crippen LogP contribution in [0, 0.1) is 5.41 Å². The maximum atomic E-state index is 13.2. The molecule has 0 atom stereocenters. The average Bonchev–Trinajstić information content (AvgIpc) is 3.23. The summed E-state index contributed by atoms with van der Waals surface area (Å²) in [6.45, 7) is 0.242. The molecule has 0 unspecified atom stereocenters. The van der Waals surface area contributed by atoms with Gasteiger partial charge in [-0.1, -0.05) is 36.4 Å². The third kappa shape index (κ3) is 5.19. The number of carbonyl (C=O) groups excluding carboxylic acids is 1. The van der Waals surface area contributed by atoms with E-state index in [1.54, 1.807) is 30.3 Å². The van der Waals surface area contributed by atoms with Crippen LogP contribution in [-0.4, -0.2) is 41.7 Å². The molecule has 35 heavy (non-hydrogen) atoms. The third-order valence-electron chi connectivity index (χ3n) is 6.44. The van der Waals surface area contributed by atoms with Crippen molar-refractivity contribution in [2.45, 2.75) is 25.7 Å². The number of fused-ring (bicyclic) bond motifs is 1. The molecule has 0 saturated carbocycles. The molecule has 0 spiro atoms. The van der Waals surface area contributed by atoms with Gasteiger partial charge in [0.2, 0.25) is 0 Å². The molecule has 3 aromatic carbocycles. The monoisotopic (exact) mass is 474 g/mol. The van der Waals surface area contributed by atoms with Crippen molar-refractivity contribution in [3.05, 3.63) is 94.5 Å². The number of Topliss-reactive ketones (excluding diaryl/α,β-unsaturated/α-hetero) is 1. The van der Waals surface area contributed by atoms with Crippen LogP contribution >= 0.6 is 0 Å². The van der Waals surface area contributed by atoms with Gasteiger partial charge in [0.05, 0.1) is 24.7 Å². The Morgan fingerprint density at radius 3 is 2.20 bits per heavy atom. The molecule has 0 aromatic heterocycles. The Morgan fingerprint density at radius 2 is 1.57 bits per heavy atom. The maximum absolute atomic E-state index is 13.2. The largest absolute Gasteiger partial charge is 0.493 e. The summed E-state index contributed by atoms with van der Waals surface area (Å²) in [6.07, 6.45) is 0.978. The summed E-state index contributed by atoms with van der Waals surface area (Å²) < 4.78 is 11.2. The molecule has 3 aromatic rings. The molecule has 1 aliphatic carbocycles. The fraction of sp³-hybridized carbons (Fsp3) is 0.250. The SMILES string of the molecule is COc1ccc(C(=O)CC2(C(=O)O)Cc3ccccc3C2)cc1OCCc1cccc(C(=O)O)c1. The first-order chi connectivity index (χ1) is 16.8. The fourth-order valence-corrected chi connectivity index (χ4v) is 4.56. The quantitative estimate of drug-likeness (QED) is 0.418. The summed E-state index contributed by atoms with van der Waals surface area (Å²) in [5, 5.41) is 19.2. The lowest BCUT2D eigenvalue weighted by molar-refractivity contribution is -0.148. The van der Waals surface area contributed by atoms with Gasteiger partial charge < -0.3 is 19.7 Å². The van der Waals surface area contributed by atoms with Crippen molar-refractivity contribution in [3.8, 4) is 11.5 Å². The molecule has 0 aliphatic heterocycles. The van der Waals surface area contributed by atoms with Crippen molar-refractivity contribution in [2.75, 3.05) is 13.7 Å². The zero-order valence-electron chi connectivity index (χ0n) is 19.3. The highest BCUT2D eigenvalue weighted by atomic mass is 16.5. The molecule has 0 heterocycles. The first-order valence-corrected chi connectivity index (χ1v) is 11.3. The zero-order valence-corrected chi connectivity index (χ0v) is 19.3. The van der Waals surface area contributed by atoms with E-state index in [1.165, 1.54) is 13.2 Å². The van der Waals surface area contributed by atoms with Gasteiger partial charge >= 0.3 is 11.9 Å². The second kappa shape index (κ2) is 10.0. The molecule has 0 saturated heterocycles. The summed E-state index contributed by atoms with van der Waals surface area (Å²) >= 11 is 0. The number of carboxylic acid groups (broad SMARTS) is 2. The number of aromatic carboxylic acids is 1. The fourth-order valence-electron chi connectivity index (χ4n) is 4.56. The van der Waals surface area contributed by atoms with Gasteiger partial charge in [0.1, 0.15) is 0 Å². The van der Waals surface area contributed by atoms with Gasteiger partial charge in [-0.3, -0.25) is 9.59 Å². The van der Waals surface area contributed by atoms with Crippen molar-refractivity contribution in [3.63, 3.8) is 0 Å².